The van der Waals surface area contributed by atoms with Crippen molar-refractivity contribution in [2.45, 2.75) is 70.0 Å². The van der Waals surface area contributed by atoms with Gasteiger partial charge in [0, 0.05) is 24.7 Å². The largest absolute Gasteiger partial charge is 0.469 e. The number of hydrogen-bond donors (Lipinski definition) is 2. The highest BCUT2D eigenvalue weighted by atomic mass is 16.5. The number of rotatable bonds is 10. The van der Waals surface area contributed by atoms with Crippen molar-refractivity contribution in [3.05, 3.63) is 24.3 Å². The van der Waals surface area contributed by atoms with Crippen molar-refractivity contribution < 1.29 is 24.5 Å². The van der Waals surface area contributed by atoms with Gasteiger partial charge in [0.05, 0.1) is 19.3 Å². The van der Waals surface area contributed by atoms with Crippen molar-refractivity contribution in [2.75, 3.05) is 7.11 Å². The standard InChI is InChI=1S/C21H32O5/c1-26-21(25)13-5-3-2-4-10-16-17(20(24)14-19(16)23)11-7-12-18(22)15-8-6-9-15/h2,4,7,11,15-18,20,22,24H,3,5-6,8-10,12-14H2,1H3/t16-,17-,18?,20?/m1/s1. The summed E-state index contributed by atoms with van der Waals surface area (Å²) in [5.41, 5.74) is 0. The maximum Gasteiger partial charge on any atom is 0.305 e. The first-order chi connectivity index (χ1) is 12.5. The molecule has 0 radical (unpaired) electrons. The maximum atomic E-state index is 12.2. The number of ketones is 1. The minimum absolute atomic E-state index is 0.103. The van der Waals surface area contributed by atoms with Crippen molar-refractivity contribution >= 4 is 11.8 Å². The van der Waals surface area contributed by atoms with Crippen LogP contribution in [0.25, 0.3) is 0 Å². The molecule has 2 fully saturated rings. The summed E-state index contributed by atoms with van der Waals surface area (Å²) >= 11 is 0. The third-order valence-electron chi connectivity index (χ3n) is 5.70. The first kappa shape index (κ1) is 20.8. The van der Waals surface area contributed by atoms with Crippen LogP contribution >= 0.6 is 0 Å². The minimum atomic E-state index is -0.627. The number of carbonyl (C=O) groups excluding carboxylic acids is 2. The Hall–Kier alpha value is -1.46. The van der Waals surface area contributed by atoms with Crippen LogP contribution in [0.1, 0.15) is 57.8 Å². The number of allylic oxidation sites excluding steroid dienone is 2. The van der Waals surface area contributed by atoms with Gasteiger partial charge in [-0.25, -0.2) is 0 Å². The fourth-order valence-corrected chi connectivity index (χ4v) is 3.75. The van der Waals surface area contributed by atoms with Gasteiger partial charge in [0.15, 0.2) is 0 Å². The Morgan fingerprint density at radius 2 is 2.08 bits per heavy atom. The molecule has 2 saturated carbocycles. The lowest BCUT2D eigenvalue weighted by atomic mass is 9.80. The van der Waals surface area contributed by atoms with Crippen molar-refractivity contribution in [1.29, 1.82) is 0 Å². The van der Waals surface area contributed by atoms with E-state index in [4.69, 9.17) is 0 Å². The number of methoxy groups -OCH3 is 1. The van der Waals surface area contributed by atoms with Gasteiger partial charge in [0.2, 0.25) is 0 Å². The Bertz CT molecular complexity index is 520. The van der Waals surface area contributed by atoms with E-state index in [0.717, 1.165) is 25.7 Å². The monoisotopic (exact) mass is 364 g/mol. The third kappa shape index (κ3) is 6.06. The second kappa shape index (κ2) is 10.6. The van der Waals surface area contributed by atoms with Gasteiger partial charge >= 0.3 is 5.97 Å². The molecule has 2 aliphatic carbocycles. The molecule has 146 valence electrons. The molecule has 0 aromatic carbocycles. The number of esters is 1. The predicted octanol–water partition coefficient (Wildman–Crippen LogP) is 2.95. The number of aliphatic hydroxyl groups is 2. The van der Waals surface area contributed by atoms with Gasteiger partial charge in [-0.15, -0.1) is 0 Å². The Labute approximate surface area is 156 Å². The SMILES string of the molecule is COC(=O)CCCC=CC[C@H]1C(=O)CC(O)[C@@H]1C=CCC(O)C1CCC1. The molecule has 2 rings (SSSR count). The first-order valence-electron chi connectivity index (χ1n) is 9.80. The quantitative estimate of drug-likeness (QED) is 0.354. The summed E-state index contributed by atoms with van der Waals surface area (Å²) in [5.74, 6) is -0.0547. The van der Waals surface area contributed by atoms with Crippen LogP contribution in [-0.2, 0) is 14.3 Å². The van der Waals surface area contributed by atoms with E-state index in [-0.39, 0.29) is 36.1 Å². The van der Waals surface area contributed by atoms with Crippen LogP contribution in [0.3, 0.4) is 0 Å². The molecular formula is C21H32O5. The minimum Gasteiger partial charge on any atom is -0.469 e. The molecule has 5 heteroatoms. The summed E-state index contributed by atoms with van der Waals surface area (Å²) in [6.45, 7) is 0. The van der Waals surface area contributed by atoms with Crippen LogP contribution in [0.5, 0.6) is 0 Å². The average molecular weight is 364 g/mol. The Morgan fingerprint density at radius 1 is 1.31 bits per heavy atom. The molecule has 2 N–H and O–H groups in total. The summed E-state index contributed by atoms with van der Waals surface area (Å²) in [6, 6.07) is 0. The number of Topliss-reactive ketones (excluding diaryl/α,β-unsaturated/α-hetero) is 1. The fraction of sp³-hybridized carbons (Fsp3) is 0.714. The van der Waals surface area contributed by atoms with Gasteiger partial charge in [-0.3, -0.25) is 9.59 Å². The molecule has 0 bridgehead atoms. The molecule has 0 aromatic heterocycles. The number of hydrogen-bond acceptors (Lipinski definition) is 5. The van der Waals surface area contributed by atoms with E-state index in [1.54, 1.807) is 0 Å². The summed E-state index contributed by atoms with van der Waals surface area (Å²) < 4.78 is 4.60. The van der Waals surface area contributed by atoms with Crippen LogP contribution in [-0.4, -0.2) is 41.3 Å². The normalized spacial score (nSPS) is 28.0. The zero-order valence-corrected chi connectivity index (χ0v) is 15.7. The molecule has 2 unspecified atom stereocenters. The lowest BCUT2D eigenvalue weighted by molar-refractivity contribution is -0.140. The molecule has 0 aliphatic heterocycles. The lowest BCUT2D eigenvalue weighted by Crippen LogP contribution is -2.26. The van der Waals surface area contributed by atoms with Crippen molar-refractivity contribution in [2.24, 2.45) is 17.8 Å². The van der Waals surface area contributed by atoms with Gasteiger partial charge in [0.25, 0.3) is 0 Å². The molecule has 0 heterocycles. The molecule has 0 amide bonds. The fourth-order valence-electron chi connectivity index (χ4n) is 3.75. The first-order valence-corrected chi connectivity index (χ1v) is 9.80. The van der Waals surface area contributed by atoms with Crippen LogP contribution in [0, 0.1) is 17.8 Å². The molecule has 5 nitrogen and oxygen atoms in total. The van der Waals surface area contributed by atoms with E-state index < -0.39 is 6.10 Å². The highest BCUT2D eigenvalue weighted by Crippen LogP contribution is 2.34. The van der Waals surface area contributed by atoms with Crippen LogP contribution in [0.15, 0.2) is 24.3 Å². The zero-order chi connectivity index (χ0) is 18.9. The zero-order valence-electron chi connectivity index (χ0n) is 15.7. The maximum absolute atomic E-state index is 12.2. The summed E-state index contributed by atoms with van der Waals surface area (Å²) in [5, 5.41) is 20.3. The summed E-state index contributed by atoms with van der Waals surface area (Å²) in [7, 11) is 1.38. The van der Waals surface area contributed by atoms with Crippen molar-refractivity contribution in [1.82, 2.24) is 0 Å². The van der Waals surface area contributed by atoms with Crippen LogP contribution in [0.4, 0.5) is 0 Å². The van der Waals surface area contributed by atoms with Crippen LogP contribution in [0.2, 0.25) is 0 Å². The molecule has 2 aliphatic rings. The van der Waals surface area contributed by atoms with E-state index in [1.165, 1.54) is 13.5 Å². The molecule has 0 saturated heterocycles. The Morgan fingerprint density at radius 3 is 2.73 bits per heavy atom. The van der Waals surface area contributed by atoms with Crippen molar-refractivity contribution in [3.63, 3.8) is 0 Å². The number of carbonyl (C=O) groups is 2. The van der Waals surface area contributed by atoms with Gasteiger partial charge in [-0.05, 0) is 44.4 Å². The number of ether oxygens (including phenoxy) is 1. The Balaban J connectivity index is 1.77. The van der Waals surface area contributed by atoms with E-state index >= 15 is 0 Å². The van der Waals surface area contributed by atoms with Crippen LogP contribution < -0.4 is 0 Å². The third-order valence-corrected chi connectivity index (χ3v) is 5.70. The molecule has 0 spiro atoms. The van der Waals surface area contributed by atoms with Gasteiger partial charge in [-0.2, -0.15) is 0 Å². The summed E-state index contributed by atoms with van der Waals surface area (Å²) in [6.07, 6.45) is 13.6. The van der Waals surface area contributed by atoms with E-state index in [1.807, 2.05) is 24.3 Å². The molecular weight excluding hydrogens is 332 g/mol. The predicted molar refractivity (Wildman–Crippen MR) is 99.3 cm³/mol. The van der Waals surface area contributed by atoms with Gasteiger partial charge in [0.1, 0.15) is 5.78 Å². The Kier molecular flexibility index (Phi) is 8.52. The molecule has 0 aromatic rings. The number of aliphatic hydroxyl groups excluding tert-OH is 2. The number of unbranched alkanes of at least 4 members (excludes halogenated alkanes) is 1. The van der Waals surface area contributed by atoms with E-state index in [2.05, 4.69) is 4.74 Å². The summed E-state index contributed by atoms with van der Waals surface area (Å²) in [4.78, 5) is 23.2. The van der Waals surface area contributed by atoms with E-state index in [0.29, 0.717) is 25.2 Å². The second-order valence-corrected chi connectivity index (χ2v) is 7.52. The highest BCUT2D eigenvalue weighted by Gasteiger charge is 2.39. The highest BCUT2D eigenvalue weighted by molar-refractivity contribution is 5.84. The lowest BCUT2D eigenvalue weighted by Gasteiger charge is -2.29. The van der Waals surface area contributed by atoms with Gasteiger partial charge in [-0.1, -0.05) is 30.7 Å². The molecule has 26 heavy (non-hydrogen) atoms. The smallest absolute Gasteiger partial charge is 0.305 e. The molecule has 4 atom stereocenters. The van der Waals surface area contributed by atoms with Gasteiger partial charge < -0.3 is 14.9 Å². The topological polar surface area (TPSA) is 83.8 Å². The second-order valence-electron chi connectivity index (χ2n) is 7.52. The van der Waals surface area contributed by atoms with Crippen molar-refractivity contribution in [3.8, 4) is 0 Å². The average Bonchev–Trinajstić information content (AvgIpc) is 2.82. The van der Waals surface area contributed by atoms with E-state index in [9.17, 15) is 19.8 Å².